The monoisotopic (exact) mass is 615 g/mol. The van der Waals surface area contributed by atoms with E-state index in [-0.39, 0.29) is 61.2 Å². The number of hydrogen-bond acceptors (Lipinski definition) is 9. The molecule has 12 nitrogen and oxygen atoms in total. The average molecular weight is 617 g/mol. The van der Waals surface area contributed by atoms with E-state index in [1.54, 1.807) is 13.0 Å². The number of guanidine groups is 1. The van der Waals surface area contributed by atoms with Gasteiger partial charge in [0.25, 0.3) is 0 Å². The van der Waals surface area contributed by atoms with Crippen LogP contribution in [-0.4, -0.2) is 79.4 Å². The van der Waals surface area contributed by atoms with Gasteiger partial charge in [-0.3, -0.25) is 0 Å². The van der Waals surface area contributed by atoms with Gasteiger partial charge < -0.3 is 30.1 Å². The third-order valence-electron chi connectivity index (χ3n) is 4.72. The maximum atomic E-state index is 13.2. The minimum absolute atomic E-state index is 0. The highest BCUT2D eigenvalue weighted by Crippen LogP contribution is 2.29. The van der Waals surface area contributed by atoms with Crippen LogP contribution in [0.4, 0.5) is 0 Å². The number of sulfonamides is 1. The fourth-order valence-corrected chi connectivity index (χ4v) is 5.80. The second-order valence-corrected chi connectivity index (χ2v) is 11.7. The van der Waals surface area contributed by atoms with Crippen molar-refractivity contribution in [3.8, 4) is 11.5 Å². The predicted molar refractivity (Wildman–Crippen MR) is 150 cm³/mol. The molecule has 0 saturated heterocycles. The Hall–Kier alpha value is -2.49. The summed E-state index contributed by atoms with van der Waals surface area (Å²) in [5.74, 6) is 0.161. The number of nitrogens with two attached hydrogens (primary N) is 2. The number of likely N-dealkylation sites (N-methyl/N-ethyl adjacent to an activating group) is 2. The van der Waals surface area contributed by atoms with Crippen LogP contribution in [-0.2, 0) is 25.0 Å². The first-order valence-corrected chi connectivity index (χ1v) is 13.8. The summed E-state index contributed by atoms with van der Waals surface area (Å²) in [6, 6.07) is 9.95. The van der Waals surface area contributed by atoms with Crippen LogP contribution >= 0.6 is 24.8 Å². The van der Waals surface area contributed by atoms with Gasteiger partial charge in [0, 0.05) is 32.6 Å². The van der Waals surface area contributed by atoms with E-state index < -0.39 is 25.0 Å². The number of aryl methyl sites for hydroxylation is 1. The molecule has 0 bridgehead atoms. The average Bonchev–Trinajstić information content (AvgIpc) is 2.78. The van der Waals surface area contributed by atoms with Crippen molar-refractivity contribution in [1.82, 2.24) is 9.21 Å². The van der Waals surface area contributed by atoms with E-state index in [1.807, 2.05) is 19.0 Å². The van der Waals surface area contributed by atoms with Crippen molar-refractivity contribution < 1.29 is 30.6 Å². The van der Waals surface area contributed by atoms with Gasteiger partial charge in [0.2, 0.25) is 16.0 Å². The second kappa shape index (κ2) is 15.8. The zero-order chi connectivity index (χ0) is 26.9. The molecule has 0 fully saturated rings. The van der Waals surface area contributed by atoms with Gasteiger partial charge in [0.1, 0.15) is 27.9 Å². The molecule has 216 valence electrons. The van der Waals surface area contributed by atoms with Gasteiger partial charge in [-0.1, -0.05) is 12.1 Å². The summed E-state index contributed by atoms with van der Waals surface area (Å²) in [4.78, 5) is 5.88. The first kappa shape index (κ1) is 35.5. The fraction of sp³-hybridized carbons (Fsp3) is 0.409. The van der Waals surface area contributed by atoms with Gasteiger partial charge in [0.05, 0.1) is 6.61 Å². The Morgan fingerprint density at radius 2 is 1.50 bits per heavy atom. The lowest BCUT2D eigenvalue weighted by Gasteiger charge is -2.21. The second-order valence-electron chi connectivity index (χ2n) is 8.15. The zero-order valence-electron chi connectivity index (χ0n) is 21.6. The summed E-state index contributed by atoms with van der Waals surface area (Å²) in [5, 5.41) is 3.40. The number of rotatable bonds is 14. The van der Waals surface area contributed by atoms with Crippen LogP contribution in [0.25, 0.3) is 0 Å². The van der Waals surface area contributed by atoms with Crippen molar-refractivity contribution in [3.63, 3.8) is 0 Å². The summed E-state index contributed by atoms with van der Waals surface area (Å²) >= 11 is 0. The molecule has 0 aromatic heterocycles. The molecule has 0 aliphatic carbocycles. The van der Waals surface area contributed by atoms with Gasteiger partial charge in [0.15, 0.2) is 0 Å². The topological polar surface area (TPSA) is 167 Å². The zero-order valence-corrected chi connectivity index (χ0v) is 24.8. The Bertz CT molecular complexity index is 1270. The SMILES string of the molecule is Cc1cc(OCCCON=C(N)N)cc(OS(=O)(=O)c2ccccc2S(=O)(=O)N(C)CCN(C)C)c1.Cl.Cl. The van der Waals surface area contributed by atoms with Gasteiger partial charge in [-0.15, -0.1) is 24.8 Å². The van der Waals surface area contributed by atoms with E-state index in [0.29, 0.717) is 24.3 Å². The molecular formula is C22H35Cl2N5O7S2. The quantitative estimate of drug-likeness (QED) is 0.105. The number of hydrogen-bond donors (Lipinski definition) is 2. The van der Waals surface area contributed by atoms with Crippen LogP contribution in [0.15, 0.2) is 57.4 Å². The smallest absolute Gasteiger partial charge is 0.340 e. The van der Waals surface area contributed by atoms with Crippen LogP contribution in [0.3, 0.4) is 0 Å². The van der Waals surface area contributed by atoms with E-state index in [0.717, 1.165) is 4.31 Å². The maximum Gasteiger partial charge on any atom is 0.340 e. The van der Waals surface area contributed by atoms with Gasteiger partial charge >= 0.3 is 10.1 Å². The molecule has 0 unspecified atom stereocenters. The van der Waals surface area contributed by atoms with Gasteiger partial charge in [-0.2, -0.15) is 12.7 Å². The molecule has 0 saturated carbocycles. The molecule has 16 heteroatoms. The van der Waals surface area contributed by atoms with Gasteiger partial charge in [-0.25, -0.2) is 8.42 Å². The van der Waals surface area contributed by atoms with Crippen molar-refractivity contribution in [3.05, 3.63) is 48.0 Å². The summed E-state index contributed by atoms with van der Waals surface area (Å²) in [6.45, 7) is 2.85. The van der Waals surface area contributed by atoms with Crippen molar-refractivity contribution in [1.29, 1.82) is 0 Å². The van der Waals surface area contributed by atoms with Crippen LogP contribution < -0.4 is 20.4 Å². The Morgan fingerprint density at radius 3 is 2.11 bits per heavy atom. The Balaban J connectivity index is 0.00000684. The molecule has 4 N–H and O–H groups in total. The lowest BCUT2D eigenvalue weighted by atomic mass is 10.2. The highest BCUT2D eigenvalue weighted by Gasteiger charge is 2.30. The minimum Gasteiger partial charge on any atom is -0.493 e. The largest absolute Gasteiger partial charge is 0.493 e. The normalized spacial score (nSPS) is 11.3. The van der Waals surface area contributed by atoms with Crippen LogP contribution in [0, 0.1) is 6.92 Å². The first-order valence-electron chi connectivity index (χ1n) is 10.9. The van der Waals surface area contributed by atoms with Crippen molar-refractivity contribution in [2.75, 3.05) is 47.4 Å². The van der Waals surface area contributed by atoms with Crippen LogP contribution in [0.5, 0.6) is 11.5 Å². The van der Waals surface area contributed by atoms with Crippen molar-refractivity contribution in [2.45, 2.75) is 23.1 Å². The van der Waals surface area contributed by atoms with Gasteiger partial charge in [-0.05, 0) is 56.0 Å². The third kappa shape index (κ3) is 10.7. The standard InChI is InChI=1S/C22H33N5O7S2.2ClH/c1-17-14-18(32-12-7-13-33-25-22(23)24)16-19(15-17)34-36(30,31)21-9-6-5-8-20(21)35(28,29)27(4)11-10-26(2)3;;/h5-6,8-9,14-16H,7,10-13H2,1-4H3,(H4,23,24,25);2*1H. The van der Waals surface area contributed by atoms with E-state index >= 15 is 0 Å². The molecule has 0 aliphatic heterocycles. The number of oxime groups is 1. The Labute approximate surface area is 236 Å². The number of nitrogens with zero attached hydrogens (tertiary/aromatic N) is 3. The highest BCUT2D eigenvalue weighted by atomic mass is 35.5. The molecule has 0 heterocycles. The maximum absolute atomic E-state index is 13.2. The molecule has 2 rings (SSSR count). The van der Waals surface area contributed by atoms with E-state index in [9.17, 15) is 16.8 Å². The van der Waals surface area contributed by atoms with Crippen molar-refractivity contribution >= 4 is 50.9 Å². The summed E-state index contributed by atoms with van der Waals surface area (Å²) < 4.78 is 64.7. The highest BCUT2D eigenvalue weighted by molar-refractivity contribution is 7.91. The molecule has 0 spiro atoms. The Kier molecular flexibility index (Phi) is 14.8. The summed E-state index contributed by atoms with van der Waals surface area (Å²) in [7, 11) is -3.57. The molecule has 2 aromatic carbocycles. The number of ether oxygens (including phenoxy) is 1. The molecule has 0 atom stereocenters. The molecule has 0 amide bonds. The number of benzene rings is 2. The predicted octanol–water partition coefficient (Wildman–Crippen LogP) is 1.76. The first-order chi connectivity index (χ1) is 16.8. The lowest BCUT2D eigenvalue weighted by molar-refractivity contribution is 0.127. The third-order valence-corrected chi connectivity index (χ3v) is 8.07. The van der Waals surface area contributed by atoms with Crippen LogP contribution in [0.1, 0.15) is 12.0 Å². The van der Waals surface area contributed by atoms with Crippen LogP contribution in [0.2, 0.25) is 0 Å². The molecular weight excluding hydrogens is 581 g/mol. The molecule has 0 aliphatic rings. The Morgan fingerprint density at radius 1 is 0.895 bits per heavy atom. The number of halogens is 2. The molecule has 0 radical (unpaired) electrons. The van der Waals surface area contributed by atoms with Crippen molar-refractivity contribution in [2.24, 2.45) is 16.6 Å². The van der Waals surface area contributed by atoms with E-state index in [2.05, 4.69) is 5.16 Å². The summed E-state index contributed by atoms with van der Waals surface area (Å²) in [5.41, 5.74) is 11.0. The lowest BCUT2D eigenvalue weighted by Crippen LogP contribution is -2.34. The molecule has 38 heavy (non-hydrogen) atoms. The fourth-order valence-electron chi connectivity index (χ4n) is 2.95. The molecule has 2 aromatic rings. The summed E-state index contributed by atoms with van der Waals surface area (Å²) in [6.07, 6.45) is 0.464. The van der Waals surface area contributed by atoms with E-state index in [1.165, 1.54) is 43.4 Å². The minimum atomic E-state index is -4.50. The van der Waals surface area contributed by atoms with E-state index in [4.69, 9.17) is 25.2 Å².